The van der Waals surface area contributed by atoms with E-state index in [1.165, 1.54) is 6.07 Å². The molecule has 5 nitrogen and oxygen atoms in total. The molecule has 0 unspecified atom stereocenters. The van der Waals surface area contributed by atoms with Crippen molar-refractivity contribution in [1.82, 2.24) is 0 Å². The normalized spacial score (nSPS) is 9.92. The first-order valence-electron chi connectivity index (χ1n) is 3.92. The van der Waals surface area contributed by atoms with Gasteiger partial charge >= 0.3 is 5.97 Å². The lowest BCUT2D eigenvalue weighted by atomic mass is 10.4. The summed E-state index contributed by atoms with van der Waals surface area (Å²) >= 11 is 0. The maximum atomic E-state index is 10.4. The van der Waals surface area contributed by atoms with E-state index in [9.17, 15) is 4.79 Å². The van der Waals surface area contributed by atoms with Gasteiger partial charge in [-0.1, -0.05) is 0 Å². The molecule has 0 amide bonds. The molecular formula is C8H11NO4. The van der Waals surface area contributed by atoms with Crippen LogP contribution < -0.4 is 5.32 Å². The minimum atomic E-state index is -1.09. The summed E-state index contributed by atoms with van der Waals surface area (Å²) in [5, 5.41) is 19.8. The predicted octanol–water partition coefficient (Wildman–Crippen LogP) is 0.772. The van der Waals surface area contributed by atoms with Crippen LogP contribution in [0.1, 0.15) is 17.0 Å². The fraction of sp³-hybridized carbons (Fsp3) is 0.375. The molecule has 0 atom stereocenters. The molecule has 0 saturated heterocycles. The topological polar surface area (TPSA) is 82.7 Å². The molecule has 13 heavy (non-hydrogen) atoms. The molecule has 1 aromatic rings. The lowest BCUT2D eigenvalue weighted by molar-refractivity contribution is 0.0663. The number of anilines is 1. The lowest BCUT2D eigenvalue weighted by Gasteiger charge is -1.99. The molecule has 0 aliphatic heterocycles. The van der Waals surface area contributed by atoms with Gasteiger partial charge in [-0.05, 0) is 12.5 Å². The molecule has 5 heteroatoms. The largest absolute Gasteiger partial charge is 0.475 e. The Kier molecular flexibility index (Phi) is 3.33. The van der Waals surface area contributed by atoms with Crippen LogP contribution >= 0.6 is 0 Å². The fourth-order valence-corrected chi connectivity index (χ4v) is 0.838. The number of carbonyl (C=O) groups is 1. The zero-order valence-electron chi connectivity index (χ0n) is 6.99. The molecule has 1 aromatic heterocycles. The van der Waals surface area contributed by atoms with Gasteiger partial charge in [-0.3, -0.25) is 0 Å². The number of furan rings is 1. The number of rotatable bonds is 5. The smallest absolute Gasteiger partial charge is 0.371 e. The molecule has 0 aromatic carbocycles. The van der Waals surface area contributed by atoms with Crippen molar-refractivity contribution in [3.8, 4) is 0 Å². The predicted molar refractivity (Wildman–Crippen MR) is 45.9 cm³/mol. The number of aliphatic hydroxyl groups excluding tert-OH is 1. The summed E-state index contributed by atoms with van der Waals surface area (Å²) in [6.45, 7) is 0.655. The van der Waals surface area contributed by atoms with Crippen LogP contribution in [0.15, 0.2) is 16.5 Å². The minimum absolute atomic E-state index is 0.0912. The van der Waals surface area contributed by atoms with Gasteiger partial charge in [0.1, 0.15) is 0 Å². The number of carboxylic acid groups (broad SMARTS) is 1. The number of nitrogens with one attached hydrogen (secondary N) is 1. The maximum absolute atomic E-state index is 10.4. The average Bonchev–Trinajstić information content (AvgIpc) is 2.53. The van der Waals surface area contributed by atoms with Crippen LogP contribution in [-0.2, 0) is 0 Å². The molecule has 72 valence electrons. The molecule has 0 aliphatic rings. The Labute approximate surface area is 75.0 Å². The van der Waals surface area contributed by atoms with Crippen molar-refractivity contribution in [1.29, 1.82) is 0 Å². The summed E-state index contributed by atoms with van der Waals surface area (Å²) in [6, 6.07) is 2.92. The average molecular weight is 185 g/mol. The number of carboxylic acids is 1. The van der Waals surface area contributed by atoms with E-state index in [0.717, 1.165) is 0 Å². The number of hydrogen-bond donors (Lipinski definition) is 3. The van der Waals surface area contributed by atoms with Crippen molar-refractivity contribution in [2.75, 3.05) is 18.5 Å². The molecule has 1 rings (SSSR count). The monoisotopic (exact) mass is 185 g/mol. The first-order valence-corrected chi connectivity index (χ1v) is 3.92. The van der Waals surface area contributed by atoms with Gasteiger partial charge in [0, 0.05) is 19.2 Å². The van der Waals surface area contributed by atoms with E-state index in [4.69, 9.17) is 14.6 Å². The SMILES string of the molecule is O=C(O)c1ccc(NCCCO)o1. The van der Waals surface area contributed by atoms with Crippen LogP contribution in [0.4, 0.5) is 5.88 Å². The Morgan fingerprint density at radius 3 is 2.85 bits per heavy atom. The van der Waals surface area contributed by atoms with Crippen molar-refractivity contribution >= 4 is 11.9 Å². The molecule has 1 heterocycles. The summed E-state index contributed by atoms with van der Waals surface area (Å²) in [5.74, 6) is -0.771. The molecule has 0 spiro atoms. The zero-order chi connectivity index (χ0) is 9.68. The summed E-state index contributed by atoms with van der Waals surface area (Å²) in [7, 11) is 0. The van der Waals surface area contributed by atoms with E-state index in [2.05, 4.69) is 5.32 Å². The Morgan fingerprint density at radius 2 is 2.31 bits per heavy atom. The first-order chi connectivity index (χ1) is 6.24. The van der Waals surface area contributed by atoms with E-state index in [1.54, 1.807) is 6.07 Å². The van der Waals surface area contributed by atoms with Gasteiger partial charge in [-0.25, -0.2) is 4.79 Å². The Morgan fingerprint density at radius 1 is 1.54 bits per heavy atom. The zero-order valence-corrected chi connectivity index (χ0v) is 6.99. The van der Waals surface area contributed by atoms with Gasteiger partial charge in [0.05, 0.1) is 0 Å². The van der Waals surface area contributed by atoms with E-state index < -0.39 is 5.97 Å². The quantitative estimate of drug-likeness (QED) is 0.590. The lowest BCUT2D eigenvalue weighted by Crippen LogP contribution is -2.02. The summed E-state index contributed by atoms with van der Waals surface area (Å²) in [5.41, 5.74) is 0. The summed E-state index contributed by atoms with van der Waals surface area (Å²) in [4.78, 5) is 10.4. The summed E-state index contributed by atoms with van der Waals surface area (Å²) in [6.07, 6.45) is 0.600. The van der Waals surface area contributed by atoms with Gasteiger partial charge < -0.3 is 19.9 Å². The van der Waals surface area contributed by atoms with Gasteiger partial charge in [-0.15, -0.1) is 0 Å². The summed E-state index contributed by atoms with van der Waals surface area (Å²) < 4.78 is 4.90. The van der Waals surface area contributed by atoms with Crippen LogP contribution in [0.25, 0.3) is 0 Å². The van der Waals surface area contributed by atoms with E-state index in [1.807, 2.05) is 0 Å². The van der Waals surface area contributed by atoms with Gasteiger partial charge in [0.2, 0.25) is 5.76 Å². The third-order valence-electron chi connectivity index (χ3n) is 1.45. The highest BCUT2D eigenvalue weighted by Crippen LogP contribution is 2.12. The van der Waals surface area contributed by atoms with E-state index in [-0.39, 0.29) is 12.4 Å². The fourth-order valence-electron chi connectivity index (χ4n) is 0.838. The van der Waals surface area contributed by atoms with Gasteiger partial charge in [0.25, 0.3) is 0 Å². The molecule has 0 saturated carbocycles. The highest BCUT2D eigenvalue weighted by atomic mass is 16.4. The van der Waals surface area contributed by atoms with Gasteiger partial charge in [-0.2, -0.15) is 0 Å². The Bertz CT molecular complexity index is 281. The van der Waals surface area contributed by atoms with Crippen LogP contribution in [-0.4, -0.2) is 29.3 Å². The second-order valence-corrected chi connectivity index (χ2v) is 2.47. The van der Waals surface area contributed by atoms with Crippen molar-refractivity contribution in [3.05, 3.63) is 17.9 Å². The van der Waals surface area contributed by atoms with Crippen LogP contribution in [0.2, 0.25) is 0 Å². The van der Waals surface area contributed by atoms with Crippen LogP contribution in [0.5, 0.6) is 0 Å². The highest BCUT2D eigenvalue weighted by molar-refractivity contribution is 5.84. The number of aromatic carboxylic acids is 1. The van der Waals surface area contributed by atoms with Crippen LogP contribution in [0, 0.1) is 0 Å². The van der Waals surface area contributed by atoms with E-state index >= 15 is 0 Å². The van der Waals surface area contributed by atoms with Gasteiger partial charge in [0.15, 0.2) is 5.88 Å². The third-order valence-corrected chi connectivity index (χ3v) is 1.45. The number of aliphatic hydroxyl groups is 1. The van der Waals surface area contributed by atoms with Crippen molar-refractivity contribution in [3.63, 3.8) is 0 Å². The van der Waals surface area contributed by atoms with Crippen molar-refractivity contribution in [2.24, 2.45) is 0 Å². The second-order valence-electron chi connectivity index (χ2n) is 2.47. The standard InChI is InChI=1S/C8H11NO4/c10-5-1-4-9-7-3-2-6(13-7)8(11)12/h2-3,9-10H,1,4-5H2,(H,11,12). The third kappa shape index (κ3) is 2.79. The molecule has 3 N–H and O–H groups in total. The van der Waals surface area contributed by atoms with E-state index in [0.29, 0.717) is 18.8 Å². The molecule has 0 bridgehead atoms. The molecule has 0 aliphatic carbocycles. The maximum Gasteiger partial charge on any atom is 0.371 e. The van der Waals surface area contributed by atoms with Crippen molar-refractivity contribution < 1.29 is 19.4 Å². The Balaban J connectivity index is 2.44. The Hall–Kier alpha value is -1.49. The highest BCUT2D eigenvalue weighted by Gasteiger charge is 2.07. The first kappa shape index (κ1) is 9.60. The molecule has 0 fully saturated rings. The minimum Gasteiger partial charge on any atom is -0.475 e. The molecular weight excluding hydrogens is 174 g/mol. The van der Waals surface area contributed by atoms with Crippen molar-refractivity contribution in [2.45, 2.75) is 6.42 Å². The van der Waals surface area contributed by atoms with Crippen LogP contribution in [0.3, 0.4) is 0 Å². The number of hydrogen-bond acceptors (Lipinski definition) is 4. The molecule has 0 radical (unpaired) electrons. The second kappa shape index (κ2) is 4.51.